The Morgan fingerprint density at radius 3 is 2.80 bits per heavy atom. The molecule has 5 nitrogen and oxygen atoms in total. The number of aromatic nitrogens is 3. The number of rotatable bonds is 6. The highest BCUT2D eigenvalue weighted by molar-refractivity contribution is 5.27. The molecule has 2 rings (SSSR count). The van der Waals surface area contributed by atoms with Crippen molar-refractivity contribution in [3.8, 4) is 5.75 Å². The summed E-state index contributed by atoms with van der Waals surface area (Å²) in [4.78, 5) is 0. The molecule has 0 spiro atoms. The van der Waals surface area contributed by atoms with Crippen LogP contribution < -0.4 is 4.74 Å². The highest BCUT2D eigenvalue weighted by Gasteiger charge is 2.19. The first-order valence-electron chi connectivity index (χ1n) is 6.77. The second-order valence-corrected chi connectivity index (χ2v) is 5.44. The quantitative estimate of drug-likeness (QED) is 0.822. The average molecular weight is 275 g/mol. The molecule has 2 aromatic rings. The lowest BCUT2D eigenvalue weighted by Gasteiger charge is -2.11. The number of aryl methyl sites for hydroxylation is 2. The molecule has 1 heterocycles. The van der Waals surface area contributed by atoms with E-state index in [1.807, 2.05) is 31.2 Å². The van der Waals surface area contributed by atoms with E-state index in [0.29, 0.717) is 12.3 Å². The summed E-state index contributed by atoms with van der Waals surface area (Å²) in [7, 11) is 0. The molecular weight excluding hydrogens is 254 g/mol. The molecule has 0 atom stereocenters. The molecule has 108 valence electrons. The van der Waals surface area contributed by atoms with Gasteiger partial charge in [0.1, 0.15) is 17.0 Å². The van der Waals surface area contributed by atoms with Crippen LogP contribution in [0.5, 0.6) is 5.75 Å². The van der Waals surface area contributed by atoms with E-state index in [-0.39, 0.29) is 0 Å². The Balaban J connectivity index is 1.77. The predicted octanol–water partition coefficient (Wildman–Crippen LogP) is 2.28. The fourth-order valence-electron chi connectivity index (χ4n) is 1.81. The molecule has 0 bridgehead atoms. The Morgan fingerprint density at radius 1 is 1.35 bits per heavy atom. The van der Waals surface area contributed by atoms with E-state index in [1.54, 1.807) is 24.7 Å². The van der Waals surface area contributed by atoms with Gasteiger partial charge in [0.05, 0.1) is 12.8 Å². The minimum Gasteiger partial charge on any atom is -0.494 e. The maximum atomic E-state index is 9.81. The molecule has 20 heavy (non-hydrogen) atoms. The first-order valence-corrected chi connectivity index (χ1v) is 6.77. The summed E-state index contributed by atoms with van der Waals surface area (Å²) in [6, 6.07) is 7.99. The number of nitrogens with zero attached hydrogens (tertiary/aromatic N) is 3. The summed E-state index contributed by atoms with van der Waals surface area (Å²) in [5.41, 5.74) is 0.821. The topological polar surface area (TPSA) is 60.2 Å². The van der Waals surface area contributed by atoms with Crippen molar-refractivity contribution < 1.29 is 9.84 Å². The SMILES string of the molecule is Cc1cccc(OCCCn2cc(C(C)(C)O)nn2)c1. The standard InChI is InChI=1S/C15H21N3O2/c1-12-6-4-7-13(10-12)20-9-5-8-18-11-14(16-17-18)15(2,3)19/h4,6-7,10-11,19H,5,8-9H2,1-3H3. The number of ether oxygens (including phenoxy) is 1. The molecule has 0 saturated heterocycles. The van der Waals surface area contributed by atoms with Crippen LogP contribution in [-0.4, -0.2) is 26.7 Å². The molecule has 0 radical (unpaired) electrons. The van der Waals surface area contributed by atoms with E-state index in [4.69, 9.17) is 4.74 Å². The number of aliphatic hydroxyl groups is 1. The number of hydrogen-bond acceptors (Lipinski definition) is 4. The zero-order valence-electron chi connectivity index (χ0n) is 12.2. The average Bonchev–Trinajstić information content (AvgIpc) is 2.83. The summed E-state index contributed by atoms with van der Waals surface area (Å²) < 4.78 is 7.40. The number of hydrogen-bond donors (Lipinski definition) is 1. The van der Waals surface area contributed by atoms with Gasteiger partial charge in [-0.3, -0.25) is 4.68 Å². The predicted molar refractivity (Wildman–Crippen MR) is 76.6 cm³/mol. The molecule has 0 saturated carbocycles. The van der Waals surface area contributed by atoms with Crippen LogP contribution in [0, 0.1) is 6.92 Å². The lowest BCUT2D eigenvalue weighted by Crippen LogP contribution is -2.15. The highest BCUT2D eigenvalue weighted by Crippen LogP contribution is 2.16. The summed E-state index contributed by atoms with van der Waals surface area (Å²) in [5.74, 6) is 0.890. The van der Waals surface area contributed by atoms with Crippen LogP contribution in [0.4, 0.5) is 0 Å². The monoisotopic (exact) mass is 275 g/mol. The van der Waals surface area contributed by atoms with Gasteiger partial charge in [-0.05, 0) is 38.5 Å². The Labute approximate surface area is 119 Å². The molecule has 1 N–H and O–H groups in total. The van der Waals surface area contributed by atoms with E-state index < -0.39 is 5.60 Å². The van der Waals surface area contributed by atoms with Crippen LogP contribution >= 0.6 is 0 Å². The van der Waals surface area contributed by atoms with Gasteiger partial charge in [0.25, 0.3) is 0 Å². The zero-order valence-corrected chi connectivity index (χ0v) is 12.2. The van der Waals surface area contributed by atoms with Gasteiger partial charge in [0.15, 0.2) is 0 Å². The normalized spacial score (nSPS) is 11.6. The molecular formula is C15H21N3O2. The molecule has 0 aliphatic carbocycles. The van der Waals surface area contributed by atoms with Crippen molar-refractivity contribution >= 4 is 0 Å². The largest absolute Gasteiger partial charge is 0.494 e. The Hall–Kier alpha value is -1.88. The van der Waals surface area contributed by atoms with Gasteiger partial charge in [0, 0.05) is 13.0 Å². The molecule has 0 aliphatic heterocycles. The van der Waals surface area contributed by atoms with Gasteiger partial charge in [-0.1, -0.05) is 17.3 Å². The Kier molecular flexibility index (Phi) is 4.39. The molecule has 5 heteroatoms. The third-order valence-corrected chi connectivity index (χ3v) is 2.96. The summed E-state index contributed by atoms with van der Waals surface area (Å²) in [6.45, 7) is 6.78. The van der Waals surface area contributed by atoms with E-state index >= 15 is 0 Å². The maximum absolute atomic E-state index is 9.81. The molecule has 0 fully saturated rings. The van der Waals surface area contributed by atoms with E-state index in [1.165, 1.54) is 5.56 Å². The van der Waals surface area contributed by atoms with Crippen molar-refractivity contribution in [3.05, 3.63) is 41.7 Å². The van der Waals surface area contributed by atoms with Crippen LogP contribution in [0.3, 0.4) is 0 Å². The zero-order chi connectivity index (χ0) is 14.6. The van der Waals surface area contributed by atoms with Crippen molar-refractivity contribution in [2.75, 3.05) is 6.61 Å². The van der Waals surface area contributed by atoms with Crippen molar-refractivity contribution in [2.45, 2.75) is 39.3 Å². The fourth-order valence-corrected chi connectivity index (χ4v) is 1.81. The number of benzene rings is 1. The third-order valence-electron chi connectivity index (χ3n) is 2.96. The minimum atomic E-state index is -0.948. The molecule has 1 aromatic carbocycles. The van der Waals surface area contributed by atoms with Crippen LogP contribution in [0.25, 0.3) is 0 Å². The first-order chi connectivity index (χ1) is 9.45. The lowest BCUT2D eigenvalue weighted by atomic mass is 10.1. The maximum Gasteiger partial charge on any atom is 0.119 e. The van der Waals surface area contributed by atoms with Gasteiger partial charge in [-0.25, -0.2) is 0 Å². The van der Waals surface area contributed by atoms with Crippen LogP contribution in [-0.2, 0) is 12.1 Å². The van der Waals surface area contributed by atoms with Gasteiger partial charge in [0.2, 0.25) is 0 Å². The van der Waals surface area contributed by atoms with E-state index in [2.05, 4.69) is 10.3 Å². The molecule has 1 aromatic heterocycles. The van der Waals surface area contributed by atoms with Crippen molar-refractivity contribution in [1.29, 1.82) is 0 Å². The molecule has 0 aliphatic rings. The van der Waals surface area contributed by atoms with E-state index in [9.17, 15) is 5.11 Å². The summed E-state index contributed by atoms with van der Waals surface area (Å²) in [5, 5.41) is 17.8. The lowest BCUT2D eigenvalue weighted by molar-refractivity contribution is 0.0737. The first kappa shape index (κ1) is 14.5. The molecule has 0 unspecified atom stereocenters. The van der Waals surface area contributed by atoms with Crippen molar-refractivity contribution in [1.82, 2.24) is 15.0 Å². The van der Waals surface area contributed by atoms with Crippen LogP contribution in [0.2, 0.25) is 0 Å². The smallest absolute Gasteiger partial charge is 0.119 e. The minimum absolute atomic E-state index is 0.581. The van der Waals surface area contributed by atoms with Crippen molar-refractivity contribution in [3.63, 3.8) is 0 Å². The van der Waals surface area contributed by atoms with Gasteiger partial charge < -0.3 is 9.84 Å². The van der Waals surface area contributed by atoms with Gasteiger partial charge in [-0.15, -0.1) is 5.10 Å². The fraction of sp³-hybridized carbons (Fsp3) is 0.467. The van der Waals surface area contributed by atoms with Gasteiger partial charge in [-0.2, -0.15) is 0 Å². The molecule has 0 amide bonds. The highest BCUT2D eigenvalue weighted by atomic mass is 16.5. The van der Waals surface area contributed by atoms with Crippen LogP contribution in [0.15, 0.2) is 30.5 Å². The van der Waals surface area contributed by atoms with Crippen LogP contribution in [0.1, 0.15) is 31.5 Å². The van der Waals surface area contributed by atoms with E-state index in [0.717, 1.165) is 18.7 Å². The Bertz CT molecular complexity index is 558. The Morgan fingerprint density at radius 2 is 2.15 bits per heavy atom. The summed E-state index contributed by atoms with van der Waals surface area (Å²) >= 11 is 0. The summed E-state index contributed by atoms with van der Waals surface area (Å²) in [6.07, 6.45) is 2.61. The second kappa shape index (κ2) is 6.05. The third kappa shape index (κ3) is 4.06. The van der Waals surface area contributed by atoms with Gasteiger partial charge >= 0.3 is 0 Å². The second-order valence-electron chi connectivity index (χ2n) is 5.44. The van der Waals surface area contributed by atoms with Crippen molar-refractivity contribution in [2.24, 2.45) is 0 Å².